The molecule has 0 saturated carbocycles. The van der Waals surface area contributed by atoms with Crippen LogP contribution < -0.4 is 10.6 Å². The van der Waals surface area contributed by atoms with Crippen LogP contribution in [0.1, 0.15) is 57.1 Å². The van der Waals surface area contributed by atoms with Crippen molar-refractivity contribution in [2.24, 2.45) is 0 Å². The van der Waals surface area contributed by atoms with Crippen LogP contribution in [0.15, 0.2) is 24.3 Å². The van der Waals surface area contributed by atoms with Crippen LogP contribution in [-0.4, -0.2) is 18.6 Å². The van der Waals surface area contributed by atoms with E-state index in [1.165, 1.54) is 30.4 Å². The third kappa shape index (κ3) is 3.18. The molecule has 2 rings (SSSR count). The third-order valence-corrected chi connectivity index (χ3v) is 4.95. The maximum Gasteiger partial charge on any atom is 0.0208 e. The van der Waals surface area contributed by atoms with Crippen LogP contribution in [-0.2, 0) is 6.54 Å². The average molecular weight is 260 g/mol. The minimum atomic E-state index is 0.326. The lowest BCUT2D eigenvalue weighted by Gasteiger charge is -2.35. The van der Waals surface area contributed by atoms with Crippen LogP contribution in [0.5, 0.6) is 0 Å². The van der Waals surface area contributed by atoms with Crippen LogP contribution in [0.25, 0.3) is 0 Å². The monoisotopic (exact) mass is 260 g/mol. The molecule has 1 heterocycles. The number of hydrogen-bond donors (Lipinski definition) is 2. The Balaban J connectivity index is 2.05. The minimum Gasteiger partial charge on any atom is -0.312 e. The summed E-state index contributed by atoms with van der Waals surface area (Å²) in [6, 6.07) is 8.86. The number of benzene rings is 1. The second-order valence-electron chi connectivity index (χ2n) is 5.75. The van der Waals surface area contributed by atoms with Crippen LogP contribution in [0, 0.1) is 0 Å². The Bertz CT molecular complexity index is 388. The van der Waals surface area contributed by atoms with Gasteiger partial charge >= 0.3 is 0 Å². The van der Waals surface area contributed by atoms with Gasteiger partial charge in [0.1, 0.15) is 0 Å². The van der Waals surface area contributed by atoms with E-state index in [1.54, 1.807) is 0 Å². The molecule has 0 aliphatic carbocycles. The highest BCUT2D eigenvalue weighted by Crippen LogP contribution is 2.25. The van der Waals surface area contributed by atoms with Crippen molar-refractivity contribution in [3.8, 4) is 0 Å². The van der Waals surface area contributed by atoms with Gasteiger partial charge in [-0.15, -0.1) is 0 Å². The highest BCUT2D eigenvalue weighted by molar-refractivity contribution is 5.33. The molecular formula is C17H28N2. The summed E-state index contributed by atoms with van der Waals surface area (Å²) in [7, 11) is 0. The quantitative estimate of drug-likeness (QED) is 0.819. The van der Waals surface area contributed by atoms with Crippen LogP contribution >= 0.6 is 0 Å². The fourth-order valence-corrected chi connectivity index (χ4v) is 3.23. The summed E-state index contributed by atoms with van der Waals surface area (Å²) < 4.78 is 0. The van der Waals surface area contributed by atoms with Gasteiger partial charge in [-0.1, -0.05) is 45.0 Å². The van der Waals surface area contributed by atoms with Gasteiger partial charge in [0.15, 0.2) is 0 Å². The van der Waals surface area contributed by atoms with Gasteiger partial charge in [-0.05, 0) is 30.4 Å². The molecule has 19 heavy (non-hydrogen) atoms. The van der Waals surface area contributed by atoms with E-state index in [9.17, 15) is 0 Å². The molecule has 1 aromatic carbocycles. The maximum absolute atomic E-state index is 3.85. The van der Waals surface area contributed by atoms with Gasteiger partial charge < -0.3 is 10.6 Å². The molecule has 1 aliphatic heterocycles. The summed E-state index contributed by atoms with van der Waals surface area (Å²) in [6.07, 6.45) is 3.63. The number of fused-ring (bicyclic) bond motifs is 1. The van der Waals surface area contributed by atoms with E-state index in [4.69, 9.17) is 0 Å². The van der Waals surface area contributed by atoms with E-state index < -0.39 is 0 Å². The molecular weight excluding hydrogens is 232 g/mol. The summed E-state index contributed by atoms with van der Waals surface area (Å²) >= 11 is 0. The van der Waals surface area contributed by atoms with Crippen LogP contribution in [0.2, 0.25) is 0 Å². The molecule has 2 N–H and O–H groups in total. The highest BCUT2D eigenvalue weighted by Gasteiger charge is 2.26. The lowest BCUT2D eigenvalue weighted by molar-refractivity contribution is 0.280. The zero-order valence-corrected chi connectivity index (χ0v) is 12.6. The molecule has 1 aromatic rings. The fraction of sp³-hybridized carbons (Fsp3) is 0.647. The largest absolute Gasteiger partial charge is 0.312 e. The molecule has 0 fully saturated rings. The summed E-state index contributed by atoms with van der Waals surface area (Å²) in [6.45, 7) is 10.1. The Morgan fingerprint density at radius 2 is 1.84 bits per heavy atom. The van der Waals surface area contributed by atoms with Gasteiger partial charge in [0, 0.05) is 31.1 Å². The second kappa shape index (κ2) is 6.53. The van der Waals surface area contributed by atoms with Crippen LogP contribution in [0.4, 0.5) is 0 Å². The highest BCUT2D eigenvalue weighted by atomic mass is 15.0. The predicted octanol–water partition coefficient (Wildman–Crippen LogP) is 3.43. The lowest BCUT2D eigenvalue weighted by atomic mass is 9.86. The molecule has 1 unspecified atom stereocenters. The molecule has 0 radical (unpaired) electrons. The van der Waals surface area contributed by atoms with E-state index in [2.05, 4.69) is 55.7 Å². The third-order valence-electron chi connectivity index (χ3n) is 4.95. The molecule has 1 atom stereocenters. The van der Waals surface area contributed by atoms with Crippen molar-refractivity contribution in [3.63, 3.8) is 0 Å². The first kappa shape index (κ1) is 14.5. The van der Waals surface area contributed by atoms with Crippen molar-refractivity contribution in [2.75, 3.05) is 13.1 Å². The average Bonchev–Trinajstić information content (AvgIpc) is 2.49. The van der Waals surface area contributed by atoms with Crippen molar-refractivity contribution in [3.05, 3.63) is 35.4 Å². The molecule has 106 valence electrons. The normalized spacial score (nSPS) is 19.2. The number of hydrogen-bond acceptors (Lipinski definition) is 2. The van der Waals surface area contributed by atoms with E-state index in [1.807, 2.05) is 0 Å². The predicted molar refractivity (Wildman–Crippen MR) is 82.5 cm³/mol. The molecule has 0 bridgehead atoms. The molecule has 0 amide bonds. The van der Waals surface area contributed by atoms with Gasteiger partial charge in [0.2, 0.25) is 0 Å². The van der Waals surface area contributed by atoms with Gasteiger partial charge in [0.25, 0.3) is 0 Å². The molecule has 2 nitrogen and oxygen atoms in total. The summed E-state index contributed by atoms with van der Waals surface area (Å²) in [4.78, 5) is 0. The SMILES string of the molecule is CCC(CC)(CC)NCC1CNCc2ccccc21. The first-order valence-corrected chi connectivity index (χ1v) is 7.78. The summed E-state index contributed by atoms with van der Waals surface area (Å²) in [5, 5.41) is 7.39. The summed E-state index contributed by atoms with van der Waals surface area (Å²) in [5.74, 6) is 0.606. The topological polar surface area (TPSA) is 24.1 Å². The molecule has 2 heteroatoms. The Morgan fingerprint density at radius 3 is 2.53 bits per heavy atom. The first-order chi connectivity index (χ1) is 9.24. The van der Waals surface area contributed by atoms with Crippen molar-refractivity contribution >= 4 is 0 Å². The Morgan fingerprint density at radius 1 is 1.16 bits per heavy atom. The molecule has 0 spiro atoms. The zero-order chi connectivity index (χ0) is 13.7. The van der Waals surface area contributed by atoms with Crippen molar-refractivity contribution < 1.29 is 0 Å². The van der Waals surface area contributed by atoms with E-state index in [-0.39, 0.29) is 0 Å². The van der Waals surface area contributed by atoms with Crippen molar-refractivity contribution in [1.82, 2.24) is 10.6 Å². The zero-order valence-electron chi connectivity index (χ0n) is 12.6. The second-order valence-corrected chi connectivity index (χ2v) is 5.75. The molecule has 0 aromatic heterocycles. The Labute approximate surface area is 118 Å². The fourth-order valence-electron chi connectivity index (χ4n) is 3.23. The van der Waals surface area contributed by atoms with E-state index >= 15 is 0 Å². The summed E-state index contributed by atoms with van der Waals surface area (Å²) in [5.41, 5.74) is 3.33. The van der Waals surface area contributed by atoms with Crippen molar-refractivity contribution in [2.45, 2.75) is 58.0 Å². The number of rotatable bonds is 6. The standard InChI is InChI=1S/C17H28N2/c1-4-17(5-2,6-3)19-13-15-12-18-11-14-9-7-8-10-16(14)15/h7-10,15,18-19H,4-6,11-13H2,1-3H3. The lowest BCUT2D eigenvalue weighted by Crippen LogP contribution is -2.47. The molecule has 1 aliphatic rings. The minimum absolute atomic E-state index is 0.326. The van der Waals surface area contributed by atoms with E-state index in [0.29, 0.717) is 11.5 Å². The van der Waals surface area contributed by atoms with Gasteiger partial charge in [-0.2, -0.15) is 0 Å². The smallest absolute Gasteiger partial charge is 0.0208 e. The Hall–Kier alpha value is -0.860. The van der Waals surface area contributed by atoms with Crippen LogP contribution in [0.3, 0.4) is 0 Å². The first-order valence-electron chi connectivity index (χ1n) is 7.78. The van der Waals surface area contributed by atoms with E-state index in [0.717, 1.165) is 19.6 Å². The maximum atomic E-state index is 3.85. The molecule has 0 saturated heterocycles. The van der Waals surface area contributed by atoms with Gasteiger partial charge in [-0.3, -0.25) is 0 Å². The number of nitrogens with one attached hydrogen (secondary N) is 2. The van der Waals surface area contributed by atoms with Gasteiger partial charge in [0.05, 0.1) is 0 Å². The van der Waals surface area contributed by atoms with Crippen molar-refractivity contribution in [1.29, 1.82) is 0 Å². The Kier molecular flexibility index (Phi) is 5.00. The van der Waals surface area contributed by atoms with Gasteiger partial charge in [-0.25, -0.2) is 0 Å².